The Bertz CT molecular complexity index is 869. The third kappa shape index (κ3) is 1.77. The summed E-state index contributed by atoms with van der Waals surface area (Å²) in [6.45, 7) is 1.80. The van der Waals surface area contributed by atoms with Gasteiger partial charge in [-0.3, -0.25) is 9.89 Å². The van der Waals surface area contributed by atoms with Crippen molar-refractivity contribution in [3.8, 4) is 17.3 Å². The van der Waals surface area contributed by atoms with Gasteiger partial charge in [0.05, 0.1) is 5.69 Å². The molecule has 3 heterocycles. The summed E-state index contributed by atoms with van der Waals surface area (Å²) < 4.78 is 1.71. The van der Waals surface area contributed by atoms with E-state index in [-0.39, 0.29) is 5.43 Å². The zero-order valence-electron chi connectivity index (χ0n) is 10.1. The minimum absolute atomic E-state index is 0.120. The number of nitrogens with zero attached hydrogens (tertiary/aromatic N) is 4. The number of fused-ring (bicyclic) bond motifs is 1. The van der Waals surface area contributed by atoms with Crippen LogP contribution in [0.15, 0.2) is 35.4 Å². The lowest BCUT2D eigenvalue weighted by molar-refractivity contribution is 0.962. The lowest BCUT2D eigenvalue weighted by Gasteiger charge is -2.07. The third-order valence-corrected chi connectivity index (χ3v) is 2.88. The van der Waals surface area contributed by atoms with Crippen LogP contribution < -0.4 is 5.43 Å². The first-order valence-electron chi connectivity index (χ1n) is 5.63. The van der Waals surface area contributed by atoms with E-state index in [1.54, 1.807) is 23.6 Å². The highest BCUT2D eigenvalue weighted by atomic mass is 16.1. The Hall–Kier alpha value is -2.94. The highest BCUT2D eigenvalue weighted by Gasteiger charge is 2.10. The first kappa shape index (κ1) is 11.2. The van der Waals surface area contributed by atoms with Crippen LogP contribution in [0.3, 0.4) is 0 Å². The van der Waals surface area contributed by atoms with E-state index >= 15 is 0 Å². The molecule has 92 valence electrons. The second-order valence-corrected chi connectivity index (χ2v) is 4.10. The molecule has 0 saturated heterocycles. The lowest BCUT2D eigenvalue weighted by atomic mass is 10.1. The van der Waals surface area contributed by atoms with E-state index in [1.807, 2.05) is 6.07 Å². The Labute approximate surface area is 108 Å². The van der Waals surface area contributed by atoms with Crippen molar-refractivity contribution < 1.29 is 0 Å². The van der Waals surface area contributed by atoms with Gasteiger partial charge in [0.25, 0.3) is 0 Å². The number of aryl methyl sites for hydroxylation is 1. The SMILES string of the molecule is Cc1nc(C#N)ccc1-c1cc(=O)cc2nc[nH]n12. The number of rotatable bonds is 1. The Morgan fingerprint density at radius 2 is 2.21 bits per heavy atom. The highest BCUT2D eigenvalue weighted by Crippen LogP contribution is 2.21. The quantitative estimate of drug-likeness (QED) is 0.705. The van der Waals surface area contributed by atoms with E-state index in [9.17, 15) is 4.79 Å². The number of hydrogen-bond donors (Lipinski definition) is 1. The minimum Gasteiger partial charge on any atom is -0.290 e. The predicted octanol–water partition coefficient (Wildman–Crippen LogP) is 1.26. The van der Waals surface area contributed by atoms with Crippen molar-refractivity contribution >= 4 is 5.65 Å². The van der Waals surface area contributed by atoms with Gasteiger partial charge in [-0.25, -0.2) is 14.5 Å². The van der Waals surface area contributed by atoms with Crippen LogP contribution in [0, 0.1) is 18.3 Å². The minimum atomic E-state index is -0.120. The molecule has 0 spiro atoms. The average Bonchev–Trinajstić information content (AvgIpc) is 2.85. The van der Waals surface area contributed by atoms with Gasteiger partial charge in [0.2, 0.25) is 0 Å². The zero-order valence-corrected chi connectivity index (χ0v) is 10.1. The summed E-state index contributed by atoms with van der Waals surface area (Å²) in [5.74, 6) is 0. The fraction of sp³-hybridized carbons (Fsp3) is 0.0769. The van der Waals surface area contributed by atoms with Crippen LogP contribution in [-0.2, 0) is 0 Å². The molecule has 0 bridgehead atoms. The van der Waals surface area contributed by atoms with Crippen molar-refractivity contribution in [1.29, 1.82) is 5.26 Å². The molecule has 0 unspecified atom stereocenters. The van der Waals surface area contributed by atoms with Gasteiger partial charge in [-0.05, 0) is 19.1 Å². The van der Waals surface area contributed by atoms with Crippen LogP contribution in [0.1, 0.15) is 11.4 Å². The van der Waals surface area contributed by atoms with Gasteiger partial charge >= 0.3 is 0 Å². The highest BCUT2D eigenvalue weighted by molar-refractivity contribution is 5.65. The molecule has 1 N–H and O–H groups in total. The van der Waals surface area contributed by atoms with Gasteiger partial charge in [-0.15, -0.1) is 0 Å². The van der Waals surface area contributed by atoms with Gasteiger partial charge in [-0.1, -0.05) is 0 Å². The van der Waals surface area contributed by atoms with Crippen molar-refractivity contribution in [2.24, 2.45) is 0 Å². The monoisotopic (exact) mass is 251 g/mol. The van der Waals surface area contributed by atoms with Crippen LogP contribution in [-0.4, -0.2) is 19.6 Å². The zero-order chi connectivity index (χ0) is 13.4. The molecule has 0 aliphatic carbocycles. The van der Waals surface area contributed by atoms with E-state index in [0.29, 0.717) is 22.7 Å². The Kier molecular flexibility index (Phi) is 2.39. The molecule has 0 radical (unpaired) electrons. The molecule has 0 aromatic carbocycles. The molecular weight excluding hydrogens is 242 g/mol. The number of nitriles is 1. The maximum Gasteiger partial charge on any atom is 0.184 e. The largest absolute Gasteiger partial charge is 0.290 e. The van der Waals surface area contributed by atoms with E-state index < -0.39 is 0 Å². The second-order valence-electron chi connectivity index (χ2n) is 4.10. The molecule has 19 heavy (non-hydrogen) atoms. The third-order valence-electron chi connectivity index (χ3n) is 2.88. The molecule has 3 aromatic rings. The maximum absolute atomic E-state index is 11.7. The topological polar surface area (TPSA) is 86.8 Å². The standard InChI is InChI=1S/C13H9N5O/c1-8-11(3-2-9(6-14)17-8)12-4-10(19)5-13-15-7-16-18(12)13/h2-5,7H,1H3,(H,15,16). The van der Waals surface area contributed by atoms with Gasteiger partial charge in [0.15, 0.2) is 11.1 Å². The molecule has 0 saturated carbocycles. The summed E-state index contributed by atoms with van der Waals surface area (Å²) in [5, 5.41) is 11.8. The summed E-state index contributed by atoms with van der Waals surface area (Å²) in [4.78, 5) is 19.9. The second kappa shape index (κ2) is 4.07. The summed E-state index contributed by atoms with van der Waals surface area (Å²) in [6, 6.07) is 8.36. The number of H-pyrrole nitrogens is 1. The predicted molar refractivity (Wildman–Crippen MR) is 68.5 cm³/mol. The molecule has 3 aromatic heterocycles. The molecule has 6 nitrogen and oxygen atoms in total. The van der Waals surface area contributed by atoms with Crippen LogP contribution >= 0.6 is 0 Å². The summed E-state index contributed by atoms with van der Waals surface area (Å²) in [6.07, 6.45) is 1.52. The first-order valence-corrected chi connectivity index (χ1v) is 5.63. The first-order chi connectivity index (χ1) is 9.19. The van der Waals surface area contributed by atoms with E-state index in [0.717, 1.165) is 5.56 Å². The molecular formula is C13H9N5O. The summed E-state index contributed by atoms with van der Waals surface area (Å²) in [5.41, 5.74) is 2.93. The molecule has 0 amide bonds. The Morgan fingerprint density at radius 3 is 2.95 bits per heavy atom. The van der Waals surface area contributed by atoms with Crippen LogP contribution in [0.2, 0.25) is 0 Å². The fourth-order valence-electron chi connectivity index (χ4n) is 2.03. The Balaban J connectivity index is 2.33. The molecule has 0 aliphatic heterocycles. The van der Waals surface area contributed by atoms with E-state index in [4.69, 9.17) is 5.26 Å². The van der Waals surface area contributed by atoms with Gasteiger partial charge < -0.3 is 0 Å². The number of hydrogen-bond acceptors (Lipinski definition) is 4. The number of aromatic amines is 1. The van der Waals surface area contributed by atoms with Crippen LogP contribution in [0.25, 0.3) is 16.9 Å². The Morgan fingerprint density at radius 1 is 1.37 bits per heavy atom. The number of nitrogens with one attached hydrogen (secondary N) is 1. The number of aromatic nitrogens is 4. The van der Waals surface area contributed by atoms with Crippen molar-refractivity contribution in [2.45, 2.75) is 6.92 Å². The molecule has 0 fully saturated rings. The normalized spacial score (nSPS) is 10.5. The van der Waals surface area contributed by atoms with Crippen molar-refractivity contribution in [3.63, 3.8) is 0 Å². The van der Waals surface area contributed by atoms with Crippen molar-refractivity contribution in [3.05, 3.63) is 52.2 Å². The summed E-state index contributed by atoms with van der Waals surface area (Å²) in [7, 11) is 0. The molecule has 0 aliphatic rings. The molecule has 3 rings (SSSR count). The van der Waals surface area contributed by atoms with Crippen LogP contribution in [0.4, 0.5) is 0 Å². The average molecular weight is 251 g/mol. The lowest BCUT2D eigenvalue weighted by Crippen LogP contribution is -2.05. The smallest absolute Gasteiger partial charge is 0.184 e. The van der Waals surface area contributed by atoms with Gasteiger partial charge in [0.1, 0.15) is 18.1 Å². The van der Waals surface area contributed by atoms with E-state index in [1.165, 1.54) is 18.5 Å². The van der Waals surface area contributed by atoms with Gasteiger partial charge in [0, 0.05) is 23.4 Å². The van der Waals surface area contributed by atoms with Crippen molar-refractivity contribution in [1.82, 2.24) is 19.6 Å². The maximum atomic E-state index is 11.7. The fourth-order valence-corrected chi connectivity index (χ4v) is 2.03. The van der Waals surface area contributed by atoms with Crippen LogP contribution in [0.5, 0.6) is 0 Å². The summed E-state index contributed by atoms with van der Waals surface area (Å²) >= 11 is 0. The van der Waals surface area contributed by atoms with E-state index in [2.05, 4.69) is 15.1 Å². The van der Waals surface area contributed by atoms with Gasteiger partial charge in [-0.2, -0.15) is 5.26 Å². The number of pyridine rings is 2. The molecule has 0 atom stereocenters. The molecule has 6 heteroatoms. The van der Waals surface area contributed by atoms with Crippen molar-refractivity contribution in [2.75, 3.05) is 0 Å².